The number of aliphatic hydroxyl groups is 2. The number of carbonyl (C=O) groups is 2. The van der Waals surface area contributed by atoms with Crippen molar-refractivity contribution in [2.24, 2.45) is 0 Å². The van der Waals surface area contributed by atoms with E-state index < -0.39 is 12.1 Å². The van der Waals surface area contributed by atoms with Crippen molar-refractivity contribution in [2.45, 2.75) is 283 Å². The van der Waals surface area contributed by atoms with Crippen LogP contribution in [0.3, 0.4) is 0 Å². The summed E-state index contributed by atoms with van der Waals surface area (Å²) in [6.07, 6.45) is 51.8. The van der Waals surface area contributed by atoms with E-state index in [0.29, 0.717) is 25.9 Å². The molecule has 2 unspecified atom stereocenters. The Balaban J connectivity index is 3.51. The van der Waals surface area contributed by atoms with Crippen molar-refractivity contribution in [1.82, 2.24) is 5.32 Å². The SMILES string of the molecule is CCCCCCCCCCCCCCCCCC(=O)OCCCC/C=C\CCCCCCC(=O)NC(CO)C(O)CCCCCCCCCCCCCCCC. The number of nitrogens with one attached hydrogen (secondary N) is 1. The van der Waals surface area contributed by atoms with E-state index in [2.05, 4.69) is 31.3 Å². The van der Waals surface area contributed by atoms with Gasteiger partial charge in [0.05, 0.1) is 25.4 Å². The number of unbranched alkanes of at least 4 members (excludes halogenated alkanes) is 33. The highest BCUT2D eigenvalue weighted by molar-refractivity contribution is 5.76. The minimum absolute atomic E-state index is 0.0334. The molecular formula is C50H97NO5. The first kappa shape index (κ1) is 54.6. The van der Waals surface area contributed by atoms with Crippen LogP contribution in [0.5, 0.6) is 0 Å². The molecule has 0 spiro atoms. The Kier molecular flexibility index (Phi) is 45.1. The number of rotatable bonds is 46. The molecule has 0 fully saturated rings. The third-order valence-corrected chi connectivity index (χ3v) is 11.6. The number of amides is 1. The van der Waals surface area contributed by atoms with Crippen molar-refractivity contribution >= 4 is 11.9 Å². The minimum atomic E-state index is -0.684. The van der Waals surface area contributed by atoms with Crippen molar-refractivity contribution in [2.75, 3.05) is 13.2 Å². The van der Waals surface area contributed by atoms with Crippen LogP contribution in [0, 0.1) is 0 Å². The van der Waals surface area contributed by atoms with E-state index in [0.717, 1.165) is 77.0 Å². The van der Waals surface area contributed by atoms with Crippen LogP contribution in [0.1, 0.15) is 271 Å². The number of esters is 1. The van der Waals surface area contributed by atoms with Gasteiger partial charge >= 0.3 is 5.97 Å². The Morgan fingerprint density at radius 1 is 0.482 bits per heavy atom. The molecule has 6 heteroatoms. The highest BCUT2D eigenvalue weighted by Crippen LogP contribution is 2.16. The highest BCUT2D eigenvalue weighted by atomic mass is 16.5. The zero-order valence-electron chi connectivity index (χ0n) is 37.6. The summed E-state index contributed by atoms with van der Waals surface area (Å²) in [5.74, 6) is -0.103. The minimum Gasteiger partial charge on any atom is -0.466 e. The second-order valence-corrected chi connectivity index (χ2v) is 17.1. The molecule has 0 aliphatic heterocycles. The molecule has 0 rings (SSSR count). The van der Waals surface area contributed by atoms with Gasteiger partial charge in [0.25, 0.3) is 0 Å². The number of carbonyl (C=O) groups excluding carboxylic acids is 2. The van der Waals surface area contributed by atoms with Gasteiger partial charge in [-0.2, -0.15) is 0 Å². The molecule has 3 N–H and O–H groups in total. The summed E-state index contributed by atoms with van der Waals surface area (Å²) in [4.78, 5) is 24.4. The molecule has 0 heterocycles. The first-order valence-corrected chi connectivity index (χ1v) is 24.9. The molecule has 56 heavy (non-hydrogen) atoms. The van der Waals surface area contributed by atoms with Gasteiger partial charge in [-0.25, -0.2) is 0 Å². The van der Waals surface area contributed by atoms with E-state index in [1.807, 2.05) is 0 Å². The van der Waals surface area contributed by atoms with Crippen molar-refractivity contribution in [3.05, 3.63) is 12.2 Å². The van der Waals surface area contributed by atoms with Gasteiger partial charge in [-0.3, -0.25) is 9.59 Å². The molecular weight excluding hydrogens is 695 g/mol. The van der Waals surface area contributed by atoms with Gasteiger partial charge in [0, 0.05) is 12.8 Å². The van der Waals surface area contributed by atoms with Crippen molar-refractivity contribution in [1.29, 1.82) is 0 Å². The zero-order valence-corrected chi connectivity index (χ0v) is 37.6. The second-order valence-electron chi connectivity index (χ2n) is 17.1. The quantitative estimate of drug-likeness (QED) is 0.0324. The zero-order chi connectivity index (χ0) is 40.8. The first-order valence-electron chi connectivity index (χ1n) is 24.9. The summed E-state index contributed by atoms with van der Waals surface area (Å²) in [6, 6.07) is -0.565. The number of aliphatic hydroxyl groups excluding tert-OH is 2. The van der Waals surface area contributed by atoms with Crippen LogP contribution in [-0.4, -0.2) is 47.4 Å². The summed E-state index contributed by atoms with van der Waals surface area (Å²) in [5.41, 5.74) is 0. The van der Waals surface area contributed by atoms with E-state index in [4.69, 9.17) is 4.74 Å². The van der Waals surface area contributed by atoms with Gasteiger partial charge in [-0.1, -0.05) is 219 Å². The lowest BCUT2D eigenvalue weighted by Gasteiger charge is -2.22. The number of ether oxygens (including phenoxy) is 1. The van der Waals surface area contributed by atoms with Crippen molar-refractivity contribution in [3.8, 4) is 0 Å². The Labute approximate surface area is 349 Å². The van der Waals surface area contributed by atoms with E-state index in [-0.39, 0.29) is 18.5 Å². The Morgan fingerprint density at radius 2 is 0.839 bits per heavy atom. The molecule has 1 amide bonds. The van der Waals surface area contributed by atoms with E-state index >= 15 is 0 Å². The lowest BCUT2D eigenvalue weighted by atomic mass is 10.0. The monoisotopic (exact) mass is 792 g/mol. The van der Waals surface area contributed by atoms with E-state index in [1.165, 1.54) is 161 Å². The predicted molar refractivity (Wildman–Crippen MR) is 241 cm³/mol. The molecule has 0 bridgehead atoms. The predicted octanol–water partition coefficient (Wildman–Crippen LogP) is 14.6. The largest absolute Gasteiger partial charge is 0.466 e. The molecule has 0 radical (unpaired) electrons. The second kappa shape index (κ2) is 46.3. The lowest BCUT2D eigenvalue weighted by Crippen LogP contribution is -2.45. The first-order chi connectivity index (χ1) is 27.5. The summed E-state index contributed by atoms with van der Waals surface area (Å²) < 4.78 is 5.43. The van der Waals surface area contributed by atoms with Gasteiger partial charge in [0.15, 0.2) is 0 Å². The average molecular weight is 792 g/mol. The molecule has 0 aromatic heterocycles. The van der Waals surface area contributed by atoms with Gasteiger partial charge in [-0.05, 0) is 51.4 Å². The molecule has 0 saturated carbocycles. The molecule has 0 aromatic carbocycles. The smallest absolute Gasteiger partial charge is 0.305 e. The Hall–Kier alpha value is -1.40. The molecule has 332 valence electrons. The molecule has 6 nitrogen and oxygen atoms in total. The average Bonchev–Trinajstić information content (AvgIpc) is 3.20. The summed E-state index contributed by atoms with van der Waals surface area (Å²) in [7, 11) is 0. The molecule has 0 aromatic rings. The topological polar surface area (TPSA) is 95.9 Å². The number of hydrogen-bond donors (Lipinski definition) is 3. The third-order valence-electron chi connectivity index (χ3n) is 11.6. The normalized spacial score (nSPS) is 12.7. The van der Waals surface area contributed by atoms with Crippen molar-refractivity contribution in [3.63, 3.8) is 0 Å². The maximum atomic E-state index is 12.4. The van der Waals surface area contributed by atoms with Gasteiger partial charge in [0.2, 0.25) is 5.91 Å². The fourth-order valence-electron chi connectivity index (χ4n) is 7.69. The highest BCUT2D eigenvalue weighted by Gasteiger charge is 2.20. The van der Waals surface area contributed by atoms with Crippen LogP contribution in [-0.2, 0) is 14.3 Å². The van der Waals surface area contributed by atoms with Crippen LogP contribution >= 0.6 is 0 Å². The molecule has 0 saturated heterocycles. The van der Waals surface area contributed by atoms with Crippen LogP contribution in [0.4, 0.5) is 0 Å². The Morgan fingerprint density at radius 3 is 1.27 bits per heavy atom. The number of hydrogen-bond acceptors (Lipinski definition) is 5. The van der Waals surface area contributed by atoms with Gasteiger partial charge in [-0.15, -0.1) is 0 Å². The summed E-state index contributed by atoms with van der Waals surface area (Å²) >= 11 is 0. The summed E-state index contributed by atoms with van der Waals surface area (Å²) in [5, 5.41) is 23.2. The maximum absolute atomic E-state index is 12.4. The van der Waals surface area contributed by atoms with E-state index in [1.54, 1.807) is 0 Å². The van der Waals surface area contributed by atoms with Crippen LogP contribution in [0.25, 0.3) is 0 Å². The van der Waals surface area contributed by atoms with Gasteiger partial charge in [0.1, 0.15) is 0 Å². The van der Waals surface area contributed by atoms with Crippen LogP contribution in [0.2, 0.25) is 0 Å². The van der Waals surface area contributed by atoms with Crippen LogP contribution < -0.4 is 5.32 Å². The third kappa shape index (κ3) is 42.2. The maximum Gasteiger partial charge on any atom is 0.305 e. The fourth-order valence-corrected chi connectivity index (χ4v) is 7.69. The Bertz CT molecular complexity index is 832. The molecule has 0 aliphatic rings. The molecule has 2 atom stereocenters. The lowest BCUT2D eigenvalue weighted by molar-refractivity contribution is -0.143. The summed E-state index contributed by atoms with van der Waals surface area (Å²) in [6.45, 7) is 4.87. The van der Waals surface area contributed by atoms with E-state index in [9.17, 15) is 19.8 Å². The fraction of sp³-hybridized carbons (Fsp3) is 0.920. The van der Waals surface area contributed by atoms with Gasteiger partial charge < -0.3 is 20.3 Å². The van der Waals surface area contributed by atoms with Crippen molar-refractivity contribution < 1.29 is 24.5 Å². The standard InChI is InChI=1S/C50H97NO5/c1-3-5-7-9-11-13-15-17-19-21-23-28-32-36-40-44-50(55)56-45-41-37-33-29-25-24-27-31-35-39-43-49(54)51-47(46-52)48(53)42-38-34-30-26-22-20-18-16-14-12-10-8-6-4-2/h25,29,47-48,52-53H,3-24,26-28,30-46H2,1-2H3,(H,51,54)/b29-25-. The number of allylic oxidation sites excluding steroid dienone is 2. The van der Waals surface area contributed by atoms with Crippen LogP contribution in [0.15, 0.2) is 12.2 Å². The molecule has 0 aliphatic carbocycles.